The number of rotatable bonds is 4. The Labute approximate surface area is 152 Å². The fourth-order valence-corrected chi connectivity index (χ4v) is 3.38. The van der Waals surface area contributed by atoms with Crippen molar-refractivity contribution in [3.8, 4) is 0 Å². The van der Waals surface area contributed by atoms with Gasteiger partial charge in [0.1, 0.15) is 11.4 Å². The molecule has 3 heterocycles. The molecule has 1 aliphatic heterocycles. The summed E-state index contributed by atoms with van der Waals surface area (Å²) in [5, 5.41) is 0.935. The summed E-state index contributed by atoms with van der Waals surface area (Å²) in [5.74, 6) is 1.26. The Hall–Kier alpha value is -2.86. The molecule has 1 aliphatic rings. The number of piperazine rings is 1. The van der Waals surface area contributed by atoms with Gasteiger partial charge in [-0.05, 0) is 18.2 Å². The van der Waals surface area contributed by atoms with Crippen molar-refractivity contribution >= 4 is 22.7 Å². The van der Waals surface area contributed by atoms with Gasteiger partial charge in [-0.3, -0.25) is 4.79 Å². The van der Waals surface area contributed by atoms with Crippen molar-refractivity contribution < 1.29 is 13.9 Å². The molecule has 4 rings (SSSR count). The van der Waals surface area contributed by atoms with Gasteiger partial charge in [-0.2, -0.15) is 0 Å². The van der Waals surface area contributed by atoms with Gasteiger partial charge >= 0.3 is 0 Å². The number of fused-ring (bicyclic) bond motifs is 1. The number of para-hydroxylation sites is 1. The van der Waals surface area contributed by atoms with Crippen LogP contribution in [0.4, 0.5) is 5.82 Å². The number of carbonyl (C=O) groups is 1. The molecule has 2 aromatic heterocycles. The van der Waals surface area contributed by atoms with Gasteiger partial charge in [0.25, 0.3) is 5.91 Å². The average Bonchev–Trinajstić information content (AvgIpc) is 3.07. The molecule has 6 nitrogen and oxygen atoms in total. The highest BCUT2D eigenvalue weighted by molar-refractivity contribution is 5.99. The van der Waals surface area contributed by atoms with Crippen molar-refractivity contribution in [2.75, 3.05) is 38.2 Å². The fraction of sp³-hybridized carbons (Fsp3) is 0.300. The van der Waals surface area contributed by atoms with Crippen LogP contribution in [-0.4, -0.2) is 49.1 Å². The molecule has 3 aromatic rings. The molecule has 26 heavy (non-hydrogen) atoms. The number of carbonyl (C=O) groups excluding carboxylic acids is 1. The van der Waals surface area contributed by atoms with Gasteiger partial charge in [-0.25, -0.2) is 4.98 Å². The Morgan fingerprint density at radius 3 is 2.62 bits per heavy atom. The molecule has 0 unspecified atom stereocenters. The topological polar surface area (TPSA) is 58.8 Å². The summed E-state index contributed by atoms with van der Waals surface area (Å²) in [5.41, 5.74) is 1.54. The number of methoxy groups -OCH3 is 1. The second-order valence-corrected chi connectivity index (χ2v) is 6.31. The zero-order valence-electron chi connectivity index (χ0n) is 14.7. The number of anilines is 1. The Balaban J connectivity index is 1.54. The minimum atomic E-state index is -0.0751. The van der Waals surface area contributed by atoms with Crippen LogP contribution < -0.4 is 4.90 Å². The Kier molecular flexibility index (Phi) is 4.58. The Morgan fingerprint density at radius 1 is 1.12 bits per heavy atom. The standard InChI is InChI=1S/C20H21N3O3/c1-25-14-16-15-6-2-3-7-17(15)26-19(16)20(24)23-12-10-22(11-13-23)18-8-4-5-9-21-18/h2-9H,10-14H2,1H3. The van der Waals surface area contributed by atoms with Crippen LogP contribution in [0.2, 0.25) is 0 Å². The van der Waals surface area contributed by atoms with E-state index in [2.05, 4.69) is 9.88 Å². The van der Waals surface area contributed by atoms with E-state index in [1.807, 2.05) is 47.4 Å². The largest absolute Gasteiger partial charge is 0.451 e. The minimum Gasteiger partial charge on any atom is -0.451 e. The van der Waals surface area contributed by atoms with Crippen molar-refractivity contribution in [2.24, 2.45) is 0 Å². The Morgan fingerprint density at radius 2 is 1.88 bits per heavy atom. The van der Waals surface area contributed by atoms with Crippen molar-refractivity contribution in [2.45, 2.75) is 6.61 Å². The molecule has 0 atom stereocenters. The second-order valence-electron chi connectivity index (χ2n) is 6.31. The van der Waals surface area contributed by atoms with Crippen LogP contribution in [0, 0.1) is 0 Å². The summed E-state index contributed by atoms with van der Waals surface area (Å²) >= 11 is 0. The van der Waals surface area contributed by atoms with Crippen LogP contribution in [0.5, 0.6) is 0 Å². The first-order chi connectivity index (χ1) is 12.8. The molecule has 134 valence electrons. The molecular weight excluding hydrogens is 330 g/mol. The van der Waals surface area contributed by atoms with Crippen LogP contribution in [0.1, 0.15) is 16.1 Å². The molecular formula is C20H21N3O3. The van der Waals surface area contributed by atoms with Crippen LogP contribution in [-0.2, 0) is 11.3 Å². The van der Waals surface area contributed by atoms with Crippen LogP contribution >= 0.6 is 0 Å². The Bertz CT molecular complexity index is 899. The first kappa shape index (κ1) is 16.6. The summed E-state index contributed by atoms with van der Waals surface area (Å²) in [6, 6.07) is 13.6. The van der Waals surface area contributed by atoms with Gasteiger partial charge in [0.2, 0.25) is 0 Å². The lowest BCUT2D eigenvalue weighted by molar-refractivity contribution is 0.0710. The van der Waals surface area contributed by atoms with Crippen molar-refractivity contribution in [3.63, 3.8) is 0 Å². The summed E-state index contributed by atoms with van der Waals surface area (Å²) in [4.78, 5) is 21.5. The fourth-order valence-electron chi connectivity index (χ4n) is 3.38. The lowest BCUT2D eigenvalue weighted by Crippen LogP contribution is -2.49. The second kappa shape index (κ2) is 7.17. The number of furan rings is 1. The molecule has 0 radical (unpaired) electrons. The van der Waals surface area contributed by atoms with Gasteiger partial charge in [0.05, 0.1) is 6.61 Å². The van der Waals surface area contributed by atoms with E-state index in [1.54, 1.807) is 13.3 Å². The van der Waals surface area contributed by atoms with E-state index < -0.39 is 0 Å². The van der Waals surface area contributed by atoms with Crippen LogP contribution in [0.3, 0.4) is 0 Å². The molecule has 0 saturated carbocycles. The molecule has 1 aromatic carbocycles. The van der Waals surface area contributed by atoms with Crippen molar-refractivity contribution in [1.82, 2.24) is 9.88 Å². The van der Waals surface area contributed by atoms with Crippen LogP contribution in [0.25, 0.3) is 11.0 Å². The van der Waals surface area contributed by atoms with E-state index in [0.717, 1.165) is 35.4 Å². The van der Waals surface area contributed by atoms with Gasteiger partial charge in [-0.15, -0.1) is 0 Å². The maximum Gasteiger partial charge on any atom is 0.290 e. The van der Waals surface area contributed by atoms with Crippen molar-refractivity contribution in [3.05, 3.63) is 60.0 Å². The van der Waals surface area contributed by atoms with Gasteiger partial charge in [-0.1, -0.05) is 24.3 Å². The lowest BCUT2D eigenvalue weighted by atomic mass is 10.1. The van der Waals surface area contributed by atoms with E-state index in [0.29, 0.717) is 25.5 Å². The van der Waals surface area contributed by atoms with E-state index >= 15 is 0 Å². The monoisotopic (exact) mass is 351 g/mol. The number of benzene rings is 1. The van der Waals surface area contributed by atoms with E-state index in [1.165, 1.54) is 0 Å². The van der Waals surface area contributed by atoms with Crippen LogP contribution in [0.15, 0.2) is 53.1 Å². The molecule has 1 saturated heterocycles. The van der Waals surface area contributed by atoms with Crippen molar-refractivity contribution in [1.29, 1.82) is 0 Å². The minimum absolute atomic E-state index is 0.0751. The predicted molar refractivity (Wildman–Crippen MR) is 99.3 cm³/mol. The number of hydrogen-bond donors (Lipinski definition) is 0. The molecule has 6 heteroatoms. The smallest absolute Gasteiger partial charge is 0.290 e. The first-order valence-corrected chi connectivity index (χ1v) is 8.72. The summed E-state index contributed by atoms with van der Waals surface area (Å²) in [7, 11) is 1.63. The van der Waals surface area contributed by atoms with Gasteiger partial charge in [0, 0.05) is 50.4 Å². The molecule has 0 aliphatic carbocycles. The number of amides is 1. The molecule has 1 fully saturated rings. The maximum atomic E-state index is 13.1. The molecule has 0 bridgehead atoms. The summed E-state index contributed by atoms with van der Waals surface area (Å²) in [6.07, 6.45) is 1.79. The highest BCUT2D eigenvalue weighted by atomic mass is 16.5. The number of pyridine rings is 1. The number of hydrogen-bond acceptors (Lipinski definition) is 5. The first-order valence-electron chi connectivity index (χ1n) is 8.72. The molecule has 0 N–H and O–H groups in total. The summed E-state index contributed by atoms with van der Waals surface area (Å²) in [6.45, 7) is 3.13. The van der Waals surface area contributed by atoms with Gasteiger partial charge in [0.15, 0.2) is 5.76 Å². The highest BCUT2D eigenvalue weighted by Crippen LogP contribution is 2.28. The highest BCUT2D eigenvalue weighted by Gasteiger charge is 2.28. The number of ether oxygens (including phenoxy) is 1. The average molecular weight is 351 g/mol. The zero-order valence-corrected chi connectivity index (χ0v) is 14.7. The van der Waals surface area contributed by atoms with Gasteiger partial charge < -0.3 is 19.0 Å². The lowest BCUT2D eigenvalue weighted by Gasteiger charge is -2.35. The third-order valence-corrected chi connectivity index (χ3v) is 4.72. The summed E-state index contributed by atoms with van der Waals surface area (Å²) < 4.78 is 11.2. The molecule has 1 amide bonds. The third-order valence-electron chi connectivity index (χ3n) is 4.72. The normalized spacial score (nSPS) is 14.8. The maximum absolute atomic E-state index is 13.1. The van der Waals surface area contributed by atoms with E-state index in [4.69, 9.17) is 9.15 Å². The zero-order chi connectivity index (χ0) is 17.9. The number of nitrogens with zero attached hydrogens (tertiary/aromatic N) is 3. The predicted octanol–water partition coefficient (Wildman–Crippen LogP) is 2.94. The molecule has 0 spiro atoms. The van der Waals surface area contributed by atoms with E-state index in [-0.39, 0.29) is 5.91 Å². The number of aromatic nitrogens is 1. The SMILES string of the molecule is COCc1c(C(=O)N2CCN(c3ccccn3)CC2)oc2ccccc12. The quantitative estimate of drug-likeness (QED) is 0.723. The van der Waals surface area contributed by atoms with E-state index in [9.17, 15) is 4.79 Å². The third kappa shape index (κ3) is 3.04.